The summed E-state index contributed by atoms with van der Waals surface area (Å²) in [5.41, 5.74) is 7.24. The van der Waals surface area contributed by atoms with Crippen LogP contribution in [0.1, 0.15) is 73.6 Å². The predicted octanol–water partition coefficient (Wildman–Crippen LogP) is 3.32. The van der Waals surface area contributed by atoms with E-state index in [0.717, 1.165) is 37.7 Å². The van der Waals surface area contributed by atoms with E-state index < -0.39 is 5.60 Å². The zero-order valence-corrected chi connectivity index (χ0v) is 23.0. The second kappa shape index (κ2) is 10.9. The molecule has 1 unspecified atom stereocenters. The summed E-state index contributed by atoms with van der Waals surface area (Å²) in [6, 6.07) is 7.56. The number of hydrogen-bond acceptors (Lipinski definition) is 7. The molecule has 1 aliphatic carbocycles. The van der Waals surface area contributed by atoms with Gasteiger partial charge in [-0.1, -0.05) is 12.1 Å². The summed E-state index contributed by atoms with van der Waals surface area (Å²) in [6.07, 6.45) is 7.11. The Morgan fingerprint density at radius 3 is 2.00 bits per heavy atom. The molecule has 0 bridgehead atoms. The van der Waals surface area contributed by atoms with Crippen molar-refractivity contribution in [2.45, 2.75) is 76.6 Å². The van der Waals surface area contributed by atoms with Crippen molar-refractivity contribution in [1.29, 1.82) is 0 Å². The highest BCUT2D eigenvalue weighted by atomic mass is 16.6. The number of ether oxygens (including phenoxy) is 1. The van der Waals surface area contributed by atoms with Gasteiger partial charge in [-0.25, -0.2) is 14.8 Å². The summed E-state index contributed by atoms with van der Waals surface area (Å²) in [7, 11) is 0. The number of likely N-dealkylation sites (tertiary alicyclic amines) is 2. The SMILES string of the molecule is CC(C)(C)OC(=O)N1CCC(N(C(=O)c2cnc(-c3ccc(C(=O)N4CCC(N)C4)cc3)nc2)C2CC2)CC1. The van der Waals surface area contributed by atoms with Gasteiger partial charge in [-0.3, -0.25) is 9.59 Å². The molecular formula is C29H38N6O4. The second-order valence-electron chi connectivity index (χ2n) is 11.8. The van der Waals surface area contributed by atoms with Crippen LogP contribution in [-0.4, -0.2) is 92.5 Å². The van der Waals surface area contributed by atoms with Gasteiger partial charge in [0.2, 0.25) is 0 Å². The fourth-order valence-electron chi connectivity index (χ4n) is 5.29. The number of benzene rings is 1. The third-order valence-electron chi connectivity index (χ3n) is 7.49. The molecule has 2 aliphatic heterocycles. The van der Waals surface area contributed by atoms with Crippen LogP contribution >= 0.6 is 0 Å². The van der Waals surface area contributed by atoms with Crippen molar-refractivity contribution < 1.29 is 19.1 Å². The lowest BCUT2D eigenvalue weighted by molar-refractivity contribution is 0.0142. The van der Waals surface area contributed by atoms with Crippen LogP contribution in [0, 0.1) is 0 Å². The lowest BCUT2D eigenvalue weighted by Crippen LogP contribution is -2.50. The minimum atomic E-state index is -0.530. The largest absolute Gasteiger partial charge is 0.444 e. The molecule has 0 spiro atoms. The molecule has 2 N–H and O–H groups in total. The van der Waals surface area contributed by atoms with Crippen LogP contribution in [0.3, 0.4) is 0 Å². The van der Waals surface area contributed by atoms with Crippen molar-refractivity contribution in [3.63, 3.8) is 0 Å². The Hall–Kier alpha value is -3.53. The standard InChI is InChI=1S/C29H38N6O4/c1-29(2,3)39-28(38)33-14-11-24(12-15-33)35(23-8-9-23)27(37)21-16-31-25(32-17-21)19-4-6-20(7-5-19)26(36)34-13-10-22(30)18-34/h4-7,16-17,22-24H,8-15,18,30H2,1-3H3. The van der Waals surface area contributed by atoms with E-state index in [1.165, 1.54) is 0 Å². The molecule has 3 heterocycles. The smallest absolute Gasteiger partial charge is 0.410 e. The predicted molar refractivity (Wildman–Crippen MR) is 146 cm³/mol. The summed E-state index contributed by atoms with van der Waals surface area (Å²) in [5, 5.41) is 0. The van der Waals surface area contributed by atoms with Crippen LogP contribution in [0.4, 0.5) is 4.79 Å². The molecule has 10 nitrogen and oxygen atoms in total. The van der Waals surface area contributed by atoms with Crippen molar-refractivity contribution >= 4 is 17.9 Å². The van der Waals surface area contributed by atoms with E-state index >= 15 is 0 Å². The Labute approximate surface area is 229 Å². The first-order valence-corrected chi connectivity index (χ1v) is 13.9. The second-order valence-corrected chi connectivity index (χ2v) is 11.8. The maximum atomic E-state index is 13.5. The van der Waals surface area contributed by atoms with Crippen molar-refractivity contribution in [3.8, 4) is 11.4 Å². The number of hydrogen-bond donors (Lipinski definition) is 1. The van der Waals surface area contributed by atoms with E-state index in [0.29, 0.717) is 43.1 Å². The van der Waals surface area contributed by atoms with Gasteiger partial charge < -0.3 is 25.2 Å². The number of carbonyl (C=O) groups excluding carboxylic acids is 3. The van der Waals surface area contributed by atoms with Gasteiger partial charge >= 0.3 is 6.09 Å². The molecule has 1 atom stereocenters. The van der Waals surface area contributed by atoms with Gasteiger partial charge in [0.05, 0.1) is 5.56 Å². The van der Waals surface area contributed by atoms with Crippen LogP contribution in [-0.2, 0) is 4.74 Å². The number of rotatable bonds is 5. The van der Waals surface area contributed by atoms with Crippen LogP contribution in [0.5, 0.6) is 0 Å². The van der Waals surface area contributed by atoms with Crippen LogP contribution < -0.4 is 5.73 Å². The maximum Gasteiger partial charge on any atom is 0.410 e. The highest BCUT2D eigenvalue weighted by molar-refractivity contribution is 5.95. The van der Waals surface area contributed by atoms with Crippen LogP contribution in [0.15, 0.2) is 36.7 Å². The Morgan fingerprint density at radius 1 is 0.872 bits per heavy atom. The third kappa shape index (κ3) is 6.38. The number of amides is 3. The normalized spacial score (nSPS) is 20.2. The molecule has 1 saturated carbocycles. The Bertz CT molecular complexity index is 1200. The molecule has 39 heavy (non-hydrogen) atoms. The maximum absolute atomic E-state index is 13.5. The first kappa shape index (κ1) is 27.1. The number of piperidine rings is 1. The Kier molecular flexibility index (Phi) is 7.57. The van der Waals surface area contributed by atoms with Crippen molar-refractivity contribution in [1.82, 2.24) is 24.7 Å². The van der Waals surface area contributed by atoms with Crippen LogP contribution in [0.25, 0.3) is 11.4 Å². The average Bonchev–Trinajstić information content (AvgIpc) is 3.66. The van der Waals surface area contributed by atoms with Gasteiger partial charge in [-0.15, -0.1) is 0 Å². The molecule has 0 radical (unpaired) electrons. The number of aromatic nitrogens is 2. The first-order valence-electron chi connectivity index (χ1n) is 13.9. The minimum absolute atomic E-state index is 0.0199. The first-order chi connectivity index (χ1) is 18.6. The fraction of sp³-hybridized carbons (Fsp3) is 0.552. The lowest BCUT2D eigenvalue weighted by Gasteiger charge is -2.39. The zero-order chi connectivity index (χ0) is 27.7. The van der Waals surface area contributed by atoms with Gasteiger partial charge in [0.15, 0.2) is 5.82 Å². The summed E-state index contributed by atoms with van der Waals surface area (Å²) >= 11 is 0. The topological polar surface area (TPSA) is 122 Å². The molecule has 10 heteroatoms. The van der Waals surface area contributed by atoms with Gasteiger partial charge in [-0.2, -0.15) is 0 Å². The molecular weight excluding hydrogens is 496 g/mol. The Morgan fingerprint density at radius 2 is 1.46 bits per heavy atom. The number of nitrogens with two attached hydrogens (primary N) is 1. The summed E-state index contributed by atoms with van der Waals surface area (Å²) < 4.78 is 5.51. The number of nitrogens with zero attached hydrogens (tertiary/aromatic N) is 5. The van der Waals surface area contributed by atoms with Gasteiger partial charge in [-0.05, 0) is 65.0 Å². The molecule has 5 rings (SSSR count). The van der Waals surface area contributed by atoms with E-state index in [4.69, 9.17) is 10.5 Å². The summed E-state index contributed by atoms with van der Waals surface area (Å²) in [5.74, 6) is 0.412. The van der Waals surface area contributed by atoms with E-state index in [-0.39, 0.29) is 36.0 Å². The third-order valence-corrected chi connectivity index (χ3v) is 7.49. The molecule has 3 fully saturated rings. The van der Waals surface area contributed by atoms with Crippen molar-refractivity contribution in [2.75, 3.05) is 26.2 Å². The van der Waals surface area contributed by atoms with Gasteiger partial charge in [0.1, 0.15) is 5.60 Å². The van der Waals surface area contributed by atoms with Crippen molar-refractivity contribution in [3.05, 3.63) is 47.8 Å². The molecule has 1 aromatic heterocycles. The molecule has 208 valence electrons. The minimum Gasteiger partial charge on any atom is -0.444 e. The van der Waals surface area contributed by atoms with E-state index in [9.17, 15) is 14.4 Å². The van der Waals surface area contributed by atoms with E-state index in [2.05, 4.69) is 9.97 Å². The van der Waals surface area contributed by atoms with Crippen molar-refractivity contribution in [2.24, 2.45) is 5.73 Å². The van der Waals surface area contributed by atoms with Gasteiger partial charge in [0.25, 0.3) is 11.8 Å². The number of carbonyl (C=O) groups is 3. The van der Waals surface area contributed by atoms with E-state index in [1.54, 1.807) is 34.3 Å². The van der Waals surface area contributed by atoms with Crippen LogP contribution in [0.2, 0.25) is 0 Å². The monoisotopic (exact) mass is 534 g/mol. The molecule has 2 saturated heterocycles. The van der Waals surface area contributed by atoms with Gasteiger partial charge in [0, 0.05) is 67.8 Å². The molecule has 2 aromatic rings. The zero-order valence-electron chi connectivity index (χ0n) is 23.0. The quantitative estimate of drug-likeness (QED) is 0.624. The Balaban J connectivity index is 1.21. The summed E-state index contributed by atoms with van der Waals surface area (Å²) in [4.78, 5) is 53.1. The lowest BCUT2D eigenvalue weighted by atomic mass is 10.0. The molecule has 3 amide bonds. The molecule has 1 aromatic carbocycles. The summed E-state index contributed by atoms with van der Waals surface area (Å²) in [6.45, 7) is 7.98. The average molecular weight is 535 g/mol. The highest BCUT2D eigenvalue weighted by Crippen LogP contribution is 2.33. The fourth-order valence-corrected chi connectivity index (χ4v) is 5.29. The van der Waals surface area contributed by atoms with E-state index in [1.807, 2.05) is 37.8 Å². The highest BCUT2D eigenvalue weighted by Gasteiger charge is 2.40. The molecule has 3 aliphatic rings.